The maximum absolute atomic E-state index is 13.5. The van der Waals surface area contributed by atoms with Crippen molar-refractivity contribution in [3.63, 3.8) is 0 Å². The normalized spacial score (nSPS) is 19.5. The lowest BCUT2D eigenvalue weighted by Gasteiger charge is -2.35. The topological polar surface area (TPSA) is 72.9 Å². The Hall–Kier alpha value is -2.51. The van der Waals surface area contributed by atoms with Gasteiger partial charge in [-0.25, -0.2) is 13.2 Å². The van der Waals surface area contributed by atoms with Crippen LogP contribution in [0.4, 0.5) is 4.79 Å². The molecule has 6 nitrogen and oxygen atoms in total. The van der Waals surface area contributed by atoms with Gasteiger partial charge >= 0.3 is 6.09 Å². The highest BCUT2D eigenvalue weighted by molar-refractivity contribution is 7.89. The second-order valence-electron chi connectivity index (χ2n) is 12.1. The average molecular weight is 548 g/mol. The fourth-order valence-corrected chi connectivity index (χ4v) is 6.53. The summed E-state index contributed by atoms with van der Waals surface area (Å²) in [6, 6.07) is 12.3. The van der Waals surface area contributed by atoms with E-state index in [2.05, 4.69) is 19.9 Å². The number of sulfonamides is 1. The van der Waals surface area contributed by atoms with Crippen LogP contribution in [-0.4, -0.2) is 37.1 Å². The highest BCUT2D eigenvalue weighted by Gasteiger charge is 2.56. The molecule has 0 unspecified atom stereocenters. The predicted octanol–water partition coefficient (Wildman–Crippen LogP) is 7.53. The molecule has 0 spiro atoms. The lowest BCUT2D eigenvalue weighted by molar-refractivity contribution is 0.0282. The number of halogens is 1. The van der Waals surface area contributed by atoms with Crippen LogP contribution in [0.1, 0.15) is 72.4 Å². The van der Waals surface area contributed by atoms with Gasteiger partial charge in [0.25, 0.3) is 10.0 Å². The molecule has 2 atom stereocenters. The minimum Gasteiger partial charge on any atom is -0.496 e. The molecule has 0 heterocycles. The maximum Gasteiger partial charge on any atom is 0.424 e. The van der Waals surface area contributed by atoms with Gasteiger partial charge in [-0.15, -0.1) is 0 Å². The molecule has 0 radical (unpaired) electrons. The molecule has 1 fully saturated rings. The highest BCUT2D eigenvalue weighted by atomic mass is 35.5. The van der Waals surface area contributed by atoms with Crippen LogP contribution in [0.15, 0.2) is 53.4 Å². The van der Waals surface area contributed by atoms with E-state index < -0.39 is 27.3 Å². The number of amides is 1. The molecule has 0 aromatic heterocycles. The van der Waals surface area contributed by atoms with Crippen molar-refractivity contribution in [1.29, 1.82) is 0 Å². The minimum absolute atomic E-state index is 0.00331. The molecule has 2 aromatic rings. The van der Waals surface area contributed by atoms with Crippen LogP contribution in [-0.2, 0) is 14.8 Å². The van der Waals surface area contributed by atoms with Crippen molar-refractivity contribution in [1.82, 2.24) is 4.31 Å². The van der Waals surface area contributed by atoms with E-state index in [1.807, 2.05) is 30.3 Å². The van der Waals surface area contributed by atoms with Crippen molar-refractivity contribution < 1.29 is 22.7 Å². The SMILES string of the molecule is COc1ccc(Cl)cc1/C=C/[C@@H]1[C@@H](c2ccc(S(=O)(=O)N(C(=O)OC(C)(C)C)C(C)(C)C)cc2)C1(C)C. The van der Waals surface area contributed by atoms with Gasteiger partial charge in [0.15, 0.2) is 0 Å². The molecule has 8 heteroatoms. The van der Waals surface area contributed by atoms with E-state index in [-0.39, 0.29) is 22.1 Å². The molecule has 0 aliphatic heterocycles. The summed E-state index contributed by atoms with van der Waals surface area (Å²) in [4.78, 5) is 12.9. The van der Waals surface area contributed by atoms with E-state index in [1.54, 1.807) is 66.9 Å². The summed E-state index contributed by atoms with van der Waals surface area (Å²) in [5, 5.41) is 0.638. The first-order valence-electron chi connectivity index (χ1n) is 12.3. The first kappa shape index (κ1) is 29.1. The van der Waals surface area contributed by atoms with Gasteiger partial charge in [0.2, 0.25) is 0 Å². The number of methoxy groups -OCH3 is 1. The summed E-state index contributed by atoms with van der Waals surface area (Å²) in [5.74, 6) is 1.22. The van der Waals surface area contributed by atoms with Gasteiger partial charge < -0.3 is 9.47 Å². The molecular formula is C29H38ClNO5S. The van der Waals surface area contributed by atoms with E-state index >= 15 is 0 Å². The summed E-state index contributed by atoms with van der Waals surface area (Å²) in [7, 11) is -2.51. The zero-order valence-electron chi connectivity index (χ0n) is 23.1. The Balaban J connectivity index is 1.86. The van der Waals surface area contributed by atoms with Crippen LogP contribution < -0.4 is 4.74 Å². The van der Waals surface area contributed by atoms with Crippen LogP contribution in [0, 0.1) is 11.3 Å². The fraction of sp³-hybridized carbons (Fsp3) is 0.483. The smallest absolute Gasteiger partial charge is 0.424 e. The number of rotatable bonds is 6. The third kappa shape index (κ3) is 6.32. The molecule has 37 heavy (non-hydrogen) atoms. The van der Waals surface area contributed by atoms with Gasteiger partial charge in [-0.3, -0.25) is 0 Å². The quantitative estimate of drug-likeness (QED) is 0.374. The molecule has 3 rings (SSSR count). The second-order valence-corrected chi connectivity index (χ2v) is 14.3. The monoisotopic (exact) mass is 547 g/mol. The highest BCUT2D eigenvalue weighted by Crippen LogP contribution is 2.65. The number of benzene rings is 2. The molecule has 2 aromatic carbocycles. The Bertz CT molecular complexity index is 1290. The molecule has 0 saturated heterocycles. The number of allylic oxidation sites excluding steroid dienone is 1. The van der Waals surface area contributed by atoms with E-state index in [0.717, 1.165) is 21.2 Å². The summed E-state index contributed by atoms with van der Waals surface area (Å²) < 4.78 is 38.8. The molecule has 0 bridgehead atoms. The number of hydrogen-bond acceptors (Lipinski definition) is 5. The van der Waals surface area contributed by atoms with Gasteiger partial charge in [-0.2, -0.15) is 4.31 Å². The summed E-state index contributed by atoms with van der Waals surface area (Å²) >= 11 is 6.17. The number of ether oxygens (including phenoxy) is 2. The number of carbonyl (C=O) groups excluding carboxylic acids is 1. The zero-order valence-corrected chi connectivity index (χ0v) is 24.7. The van der Waals surface area contributed by atoms with Crippen molar-refractivity contribution >= 4 is 33.8 Å². The third-order valence-electron chi connectivity index (χ3n) is 6.53. The summed E-state index contributed by atoms with van der Waals surface area (Å²) in [6.07, 6.45) is 3.29. The standard InChI is InChI=1S/C29H38ClNO5S/c1-27(2,3)31(26(32)36-28(4,5)6)37(33,34)22-14-10-19(11-15-22)25-23(29(25,7)8)16-12-20-18-21(30)13-17-24(20)35-9/h10-18,23,25H,1-9H3/b16-12+/t23-,25-/m1/s1. The Morgan fingerprint density at radius 3 is 2.14 bits per heavy atom. The van der Waals surface area contributed by atoms with Gasteiger partial charge in [-0.1, -0.05) is 49.7 Å². The van der Waals surface area contributed by atoms with Crippen LogP contribution >= 0.6 is 11.6 Å². The van der Waals surface area contributed by atoms with Crippen LogP contribution in [0.3, 0.4) is 0 Å². The van der Waals surface area contributed by atoms with Crippen LogP contribution in [0.2, 0.25) is 5.02 Å². The molecule has 1 saturated carbocycles. The van der Waals surface area contributed by atoms with Crippen molar-refractivity contribution in [3.05, 3.63) is 64.7 Å². The number of nitrogens with zero attached hydrogens (tertiary/aromatic N) is 1. The molecule has 1 amide bonds. The van der Waals surface area contributed by atoms with Crippen molar-refractivity contribution in [2.24, 2.45) is 11.3 Å². The predicted molar refractivity (Wildman–Crippen MR) is 149 cm³/mol. The van der Waals surface area contributed by atoms with Gasteiger partial charge in [-0.05, 0) is 94.7 Å². The zero-order chi connectivity index (χ0) is 28.0. The molecule has 1 aliphatic carbocycles. The largest absolute Gasteiger partial charge is 0.496 e. The number of hydrogen-bond donors (Lipinski definition) is 0. The van der Waals surface area contributed by atoms with Gasteiger partial charge in [0.05, 0.1) is 17.5 Å². The third-order valence-corrected chi connectivity index (χ3v) is 8.81. The average Bonchev–Trinajstić information content (AvgIpc) is 3.29. The Kier molecular flexibility index (Phi) is 7.84. The first-order valence-corrected chi connectivity index (χ1v) is 14.1. The number of carbonyl (C=O) groups is 1. The van der Waals surface area contributed by atoms with E-state index in [0.29, 0.717) is 5.02 Å². The Morgan fingerprint density at radius 1 is 1.03 bits per heavy atom. The maximum atomic E-state index is 13.5. The van der Waals surface area contributed by atoms with E-state index in [1.165, 1.54) is 0 Å². The molecule has 202 valence electrons. The second kappa shape index (κ2) is 9.99. The minimum atomic E-state index is -4.13. The fourth-order valence-electron chi connectivity index (χ4n) is 4.70. The molecule has 0 N–H and O–H groups in total. The van der Waals surface area contributed by atoms with Gasteiger partial charge in [0.1, 0.15) is 11.4 Å². The lowest BCUT2D eigenvalue weighted by atomic mass is 10.0. The summed E-state index contributed by atoms with van der Waals surface area (Å²) in [5.41, 5.74) is 0.111. The van der Waals surface area contributed by atoms with Crippen molar-refractivity contribution in [2.45, 2.75) is 77.3 Å². The van der Waals surface area contributed by atoms with Crippen LogP contribution in [0.5, 0.6) is 5.75 Å². The van der Waals surface area contributed by atoms with Crippen molar-refractivity contribution in [3.8, 4) is 5.75 Å². The Morgan fingerprint density at radius 2 is 1.62 bits per heavy atom. The first-order chi connectivity index (χ1) is 16.9. The van der Waals surface area contributed by atoms with Crippen LogP contribution in [0.25, 0.3) is 6.08 Å². The van der Waals surface area contributed by atoms with E-state index in [9.17, 15) is 13.2 Å². The Labute approximate surface area is 226 Å². The van der Waals surface area contributed by atoms with Crippen molar-refractivity contribution in [2.75, 3.05) is 7.11 Å². The molecular weight excluding hydrogens is 510 g/mol. The summed E-state index contributed by atoms with van der Waals surface area (Å²) in [6.45, 7) is 14.5. The molecule has 1 aliphatic rings. The van der Waals surface area contributed by atoms with E-state index in [4.69, 9.17) is 21.1 Å². The lowest BCUT2D eigenvalue weighted by Crippen LogP contribution is -2.51. The van der Waals surface area contributed by atoms with Gasteiger partial charge in [0, 0.05) is 10.6 Å².